The van der Waals surface area contributed by atoms with Crippen LogP contribution in [0.3, 0.4) is 0 Å². The van der Waals surface area contributed by atoms with Gasteiger partial charge in [0.1, 0.15) is 11.6 Å². The molecule has 5 nitrogen and oxygen atoms in total. The second kappa shape index (κ2) is 7.28. The first-order valence-corrected chi connectivity index (χ1v) is 7.63. The standard InChI is InChI=1S/C20H15N3O2/c1-25-20(24)16(13-21)12-17-14-23(18-10-6-3-7-11-18)22-19(17)15-8-4-2-5-9-15/h2-12,14H,1H3. The molecule has 3 aromatic rings. The summed E-state index contributed by atoms with van der Waals surface area (Å²) in [5.41, 5.74) is 3.05. The smallest absolute Gasteiger partial charge is 0.348 e. The second-order valence-electron chi connectivity index (χ2n) is 5.24. The average Bonchev–Trinajstić information content (AvgIpc) is 3.11. The van der Waals surface area contributed by atoms with Gasteiger partial charge in [-0.3, -0.25) is 0 Å². The molecule has 0 aliphatic rings. The number of hydrogen-bond donors (Lipinski definition) is 0. The summed E-state index contributed by atoms with van der Waals surface area (Å²) in [5, 5.41) is 13.9. The Morgan fingerprint density at radius 1 is 1.12 bits per heavy atom. The molecular formula is C20H15N3O2. The zero-order valence-corrected chi connectivity index (χ0v) is 13.6. The highest BCUT2D eigenvalue weighted by Crippen LogP contribution is 2.25. The molecule has 0 aliphatic carbocycles. The van der Waals surface area contributed by atoms with Gasteiger partial charge in [0.15, 0.2) is 0 Å². The normalized spacial score (nSPS) is 11.0. The quantitative estimate of drug-likeness (QED) is 0.416. The number of carbonyl (C=O) groups excluding carboxylic acids is 1. The highest BCUT2D eigenvalue weighted by Gasteiger charge is 2.15. The van der Waals surface area contributed by atoms with Gasteiger partial charge in [0.05, 0.1) is 18.5 Å². The minimum atomic E-state index is -0.672. The van der Waals surface area contributed by atoms with Crippen LogP contribution in [0, 0.1) is 11.3 Å². The minimum absolute atomic E-state index is 0.0766. The molecule has 0 saturated carbocycles. The van der Waals surface area contributed by atoms with Gasteiger partial charge < -0.3 is 4.74 Å². The summed E-state index contributed by atoms with van der Waals surface area (Å²) in [6, 6.07) is 21.1. The Labute approximate surface area is 145 Å². The number of ether oxygens (including phenoxy) is 1. The van der Waals surface area contributed by atoms with Crippen molar-refractivity contribution in [3.8, 4) is 23.0 Å². The fourth-order valence-electron chi connectivity index (χ4n) is 2.43. The van der Waals surface area contributed by atoms with Crippen LogP contribution >= 0.6 is 0 Å². The Morgan fingerprint density at radius 2 is 1.76 bits per heavy atom. The zero-order valence-electron chi connectivity index (χ0n) is 13.6. The molecule has 0 aliphatic heterocycles. The molecule has 0 amide bonds. The van der Waals surface area contributed by atoms with Crippen LogP contribution in [-0.4, -0.2) is 22.9 Å². The molecule has 0 unspecified atom stereocenters. The van der Waals surface area contributed by atoms with E-state index in [4.69, 9.17) is 0 Å². The van der Waals surface area contributed by atoms with Crippen molar-refractivity contribution in [3.05, 3.63) is 78.0 Å². The van der Waals surface area contributed by atoms with Crippen LogP contribution in [0.2, 0.25) is 0 Å². The van der Waals surface area contributed by atoms with Crippen molar-refractivity contribution in [2.24, 2.45) is 0 Å². The summed E-state index contributed by atoms with van der Waals surface area (Å²) in [6.45, 7) is 0. The Morgan fingerprint density at radius 3 is 2.36 bits per heavy atom. The summed E-state index contributed by atoms with van der Waals surface area (Å²) in [6.07, 6.45) is 3.29. The lowest BCUT2D eigenvalue weighted by atomic mass is 10.1. The predicted octanol–water partition coefficient (Wildman–Crippen LogP) is 3.62. The number of carbonyl (C=O) groups is 1. The Bertz CT molecular complexity index is 952. The van der Waals surface area contributed by atoms with E-state index in [1.54, 1.807) is 10.9 Å². The minimum Gasteiger partial charge on any atom is -0.465 e. The van der Waals surface area contributed by atoms with Crippen LogP contribution in [0.1, 0.15) is 5.56 Å². The summed E-state index contributed by atoms with van der Waals surface area (Å²) in [4.78, 5) is 11.7. The van der Waals surface area contributed by atoms with Crippen molar-refractivity contribution >= 4 is 12.0 Å². The molecule has 0 atom stereocenters. The fourth-order valence-corrected chi connectivity index (χ4v) is 2.43. The molecule has 1 heterocycles. The van der Waals surface area contributed by atoms with Crippen LogP contribution < -0.4 is 0 Å². The van der Waals surface area contributed by atoms with Gasteiger partial charge in [-0.2, -0.15) is 10.4 Å². The SMILES string of the molecule is COC(=O)C(C#N)=Cc1cn(-c2ccccc2)nc1-c1ccccc1. The molecule has 0 N–H and O–H groups in total. The second-order valence-corrected chi connectivity index (χ2v) is 5.24. The Kier molecular flexibility index (Phi) is 4.72. The maximum absolute atomic E-state index is 11.7. The van der Waals surface area contributed by atoms with E-state index in [0.29, 0.717) is 11.3 Å². The summed E-state index contributed by atoms with van der Waals surface area (Å²) in [7, 11) is 1.25. The first-order valence-electron chi connectivity index (χ1n) is 7.63. The van der Waals surface area contributed by atoms with Crippen molar-refractivity contribution < 1.29 is 9.53 Å². The van der Waals surface area contributed by atoms with Crippen molar-refractivity contribution in [1.82, 2.24) is 9.78 Å². The number of rotatable bonds is 4. The summed E-state index contributed by atoms with van der Waals surface area (Å²) >= 11 is 0. The van der Waals surface area contributed by atoms with E-state index in [1.165, 1.54) is 13.2 Å². The number of benzene rings is 2. The van der Waals surface area contributed by atoms with Crippen LogP contribution in [0.4, 0.5) is 0 Å². The molecule has 0 radical (unpaired) electrons. The van der Waals surface area contributed by atoms with Gasteiger partial charge in [-0.05, 0) is 18.2 Å². The molecule has 5 heteroatoms. The van der Waals surface area contributed by atoms with E-state index >= 15 is 0 Å². The molecule has 2 aromatic carbocycles. The number of methoxy groups -OCH3 is 1. The van der Waals surface area contributed by atoms with E-state index in [-0.39, 0.29) is 5.57 Å². The lowest BCUT2D eigenvalue weighted by Gasteiger charge is -2.00. The molecule has 0 bridgehead atoms. The van der Waals surface area contributed by atoms with Crippen LogP contribution in [0.5, 0.6) is 0 Å². The van der Waals surface area contributed by atoms with Crippen LogP contribution in [0.15, 0.2) is 72.4 Å². The van der Waals surface area contributed by atoms with Crippen molar-refractivity contribution in [3.63, 3.8) is 0 Å². The molecule has 0 spiro atoms. The van der Waals surface area contributed by atoms with E-state index in [9.17, 15) is 10.1 Å². The molecule has 0 fully saturated rings. The van der Waals surface area contributed by atoms with Crippen LogP contribution in [0.25, 0.3) is 23.0 Å². The highest BCUT2D eigenvalue weighted by atomic mass is 16.5. The first kappa shape index (κ1) is 16.2. The fraction of sp³-hybridized carbons (Fsp3) is 0.0500. The molecule has 0 saturated heterocycles. The summed E-state index contributed by atoms with van der Waals surface area (Å²) in [5.74, 6) is -0.672. The number of aromatic nitrogens is 2. The Hall–Kier alpha value is -3.65. The van der Waals surface area contributed by atoms with Crippen LogP contribution in [-0.2, 0) is 9.53 Å². The third kappa shape index (κ3) is 3.48. The lowest BCUT2D eigenvalue weighted by molar-refractivity contribution is -0.135. The highest BCUT2D eigenvalue weighted by molar-refractivity contribution is 5.98. The molecule has 25 heavy (non-hydrogen) atoms. The van der Waals surface area contributed by atoms with E-state index in [0.717, 1.165) is 11.3 Å². The Balaban J connectivity index is 2.16. The topological polar surface area (TPSA) is 67.9 Å². The number of esters is 1. The molecule has 1 aromatic heterocycles. The van der Waals surface area contributed by atoms with Crippen molar-refractivity contribution in [2.45, 2.75) is 0 Å². The van der Waals surface area contributed by atoms with Gasteiger partial charge in [-0.15, -0.1) is 0 Å². The van der Waals surface area contributed by atoms with Gasteiger partial charge in [0.2, 0.25) is 0 Å². The maximum Gasteiger partial charge on any atom is 0.348 e. The molecule has 3 rings (SSSR count). The number of nitrogens with zero attached hydrogens (tertiary/aromatic N) is 3. The maximum atomic E-state index is 11.7. The van der Waals surface area contributed by atoms with E-state index in [1.807, 2.05) is 66.7 Å². The first-order chi connectivity index (χ1) is 12.2. The zero-order chi connectivity index (χ0) is 17.6. The third-order valence-corrected chi connectivity index (χ3v) is 3.64. The number of nitriles is 1. The molecular weight excluding hydrogens is 314 g/mol. The largest absolute Gasteiger partial charge is 0.465 e. The van der Waals surface area contributed by atoms with E-state index in [2.05, 4.69) is 9.84 Å². The average molecular weight is 329 g/mol. The third-order valence-electron chi connectivity index (χ3n) is 3.64. The van der Waals surface area contributed by atoms with Gasteiger partial charge in [-0.1, -0.05) is 48.5 Å². The lowest BCUT2D eigenvalue weighted by Crippen LogP contribution is -2.02. The van der Waals surface area contributed by atoms with Gasteiger partial charge in [0.25, 0.3) is 0 Å². The van der Waals surface area contributed by atoms with E-state index < -0.39 is 5.97 Å². The number of hydrogen-bond acceptors (Lipinski definition) is 4. The monoisotopic (exact) mass is 329 g/mol. The van der Waals surface area contributed by atoms with Crippen molar-refractivity contribution in [2.75, 3.05) is 7.11 Å². The van der Waals surface area contributed by atoms with Gasteiger partial charge in [-0.25, -0.2) is 9.48 Å². The predicted molar refractivity (Wildman–Crippen MR) is 94.6 cm³/mol. The number of para-hydroxylation sites is 1. The summed E-state index contributed by atoms with van der Waals surface area (Å²) < 4.78 is 6.38. The molecule has 122 valence electrons. The van der Waals surface area contributed by atoms with Gasteiger partial charge in [0, 0.05) is 17.3 Å². The van der Waals surface area contributed by atoms with Gasteiger partial charge >= 0.3 is 5.97 Å². The van der Waals surface area contributed by atoms with Crippen molar-refractivity contribution in [1.29, 1.82) is 5.26 Å².